The molecule has 0 aliphatic carbocycles. The Kier molecular flexibility index (Phi) is 4.66. The topological polar surface area (TPSA) is 102 Å². The van der Waals surface area contributed by atoms with Crippen molar-refractivity contribution in [3.8, 4) is 0 Å². The van der Waals surface area contributed by atoms with Gasteiger partial charge in [0.1, 0.15) is 18.3 Å². The van der Waals surface area contributed by atoms with Crippen LogP contribution in [-0.2, 0) is 4.74 Å². The Hall–Kier alpha value is -0.240. The van der Waals surface area contributed by atoms with Crippen molar-refractivity contribution >= 4 is 0 Å². The first-order valence-electron chi connectivity index (χ1n) is 5.55. The number of hydrogen-bond acceptors (Lipinski definition) is 6. The third-order valence-electron chi connectivity index (χ3n) is 3.03. The molecule has 6 nitrogen and oxygen atoms in total. The monoisotopic (exact) mass is 235 g/mol. The molecule has 1 saturated heterocycles. The smallest absolute Gasteiger partial charge is 0.219 e. The van der Waals surface area contributed by atoms with E-state index < -0.39 is 30.7 Å². The lowest BCUT2D eigenvalue weighted by Gasteiger charge is -2.23. The zero-order valence-corrected chi connectivity index (χ0v) is 9.63. The van der Waals surface area contributed by atoms with Crippen LogP contribution in [0.15, 0.2) is 0 Å². The molecule has 1 aliphatic heterocycles. The Labute approximate surface area is 94.9 Å². The van der Waals surface area contributed by atoms with Crippen LogP contribution in [0, 0.1) is 0 Å². The van der Waals surface area contributed by atoms with Gasteiger partial charge in [-0.15, -0.1) is 0 Å². The Bertz CT molecular complexity index is 227. The fraction of sp³-hybridized carbons (Fsp3) is 1.00. The van der Waals surface area contributed by atoms with Gasteiger partial charge in [0, 0.05) is 12.6 Å². The van der Waals surface area contributed by atoms with Gasteiger partial charge >= 0.3 is 0 Å². The summed E-state index contributed by atoms with van der Waals surface area (Å²) in [5.41, 5.74) is 0. The minimum Gasteiger partial charge on any atom is -0.391 e. The van der Waals surface area contributed by atoms with E-state index in [0.29, 0.717) is 6.54 Å². The number of nitrogens with one attached hydrogen (secondary N) is 1. The fourth-order valence-electron chi connectivity index (χ4n) is 1.63. The highest BCUT2D eigenvalue weighted by Crippen LogP contribution is 2.28. The number of aliphatic hydroxyl groups is 4. The summed E-state index contributed by atoms with van der Waals surface area (Å²) in [7, 11) is 0. The van der Waals surface area contributed by atoms with Crippen LogP contribution in [-0.4, -0.2) is 63.7 Å². The van der Waals surface area contributed by atoms with Crippen molar-refractivity contribution in [2.75, 3.05) is 13.2 Å². The summed E-state index contributed by atoms with van der Waals surface area (Å²) < 4.78 is 5.06. The van der Waals surface area contributed by atoms with Crippen LogP contribution in [0.1, 0.15) is 20.3 Å². The first kappa shape index (κ1) is 13.8. The van der Waals surface area contributed by atoms with Crippen LogP contribution in [0.5, 0.6) is 0 Å². The molecular weight excluding hydrogens is 214 g/mol. The zero-order chi connectivity index (χ0) is 12.3. The van der Waals surface area contributed by atoms with Gasteiger partial charge in [-0.2, -0.15) is 0 Å². The molecule has 96 valence electrons. The summed E-state index contributed by atoms with van der Waals surface area (Å²) in [6, 6.07) is 0.260. The minimum atomic E-state index is -2.05. The molecule has 5 atom stereocenters. The zero-order valence-electron chi connectivity index (χ0n) is 9.63. The van der Waals surface area contributed by atoms with Crippen molar-refractivity contribution in [2.45, 2.75) is 50.4 Å². The van der Waals surface area contributed by atoms with E-state index in [1.807, 2.05) is 13.8 Å². The molecule has 0 bridgehead atoms. The van der Waals surface area contributed by atoms with E-state index in [9.17, 15) is 15.3 Å². The summed E-state index contributed by atoms with van der Waals surface area (Å²) in [6.45, 7) is 3.57. The molecule has 1 rings (SSSR count). The van der Waals surface area contributed by atoms with Crippen LogP contribution in [0.3, 0.4) is 0 Å². The first-order valence-corrected chi connectivity index (χ1v) is 5.55. The summed E-state index contributed by atoms with van der Waals surface area (Å²) >= 11 is 0. The Balaban J connectivity index is 2.51. The number of rotatable bonds is 5. The van der Waals surface area contributed by atoms with Crippen molar-refractivity contribution in [1.82, 2.24) is 5.32 Å². The maximum Gasteiger partial charge on any atom is 0.219 e. The van der Waals surface area contributed by atoms with Gasteiger partial charge in [0.05, 0.1) is 6.61 Å². The van der Waals surface area contributed by atoms with E-state index in [1.165, 1.54) is 0 Å². The molecule has 0 radical (unpaired) electrons. The quantitative estimate of drug-likeness (QED) is 0.384. The van der Waals surface area contributed by atoms with Crippen LogP contribution in [0.25, 0.3) is 0 Å². The highest BCUT2D eigenvalue weighted by atomic mass is 16.7. The van der Waals surface area contributed by atoms with E-state index in [4.69, 9.17) is 9.84 Å². The lowest BCUT2D eigenvalue weighted by molar-refractivity contribution is -0.245. The van der Waals surface area contributed by atoms with Crippen LogP contribution in [0.2, 0.25) is 0 Å². The molecule has 0 aromatic heterocycles. The SMILES string of the molecule is CCC(C)NC[C@H]1O[C@@](O)(CO)[C@H](O)[C@H]1O. The molecule has 16 heavy (non-hydrogen) atoms. The normalized spacial score (nSPS) is 41.2. The standard InChI is InChI=1S/C10H21NO5/c1-3-6(2)11-4-7-8(13)9(14)10(15,5-12)16-7/h6-9,11-15H,3-5H2,1-2H3/t6?,7-,8+,9-,10+/m1/s1. The summed E-state index contributed by atoms with van der Waals surface area (Å²) in [6.07, 6.45) is -2.48. The molecule has 5 N–H and O–H groups in total. The van der Waals surface area contributed by atoms with Gasteiger partial charge in [0.25, 0.3) is 0 Å². The highest BCUT2D eigenvalue weighted by Gasteiger charge is 2.52. The van der Waals surface area contributed by atoms with Gasteiger partial charge in [-0.3, -0.25) is 0 Å². The maximum atomic E-state index is 9.62. The number of hydrogen-bond donors (Lipinski definition) is 5. The minimum absolute atomic E-state index is 0.260. The van der Waals surface area contributed by atoms with Crippen molar-refractivity contribution in [3.05, 3.63) is 0 Å². The molecule has 1 fully saturated rings. The summed E-state index contributed by atoms with van der Waals surface area (Å²) in [4.78, 5) is 0. The molecule has 0 aromatic carbocycles. The predicted molar refractivity (Wildman–Crippen MR) is 56.7 cm³/mol. The molecule has 6 heteroatoms. The fourth-order valence-corrected chi connectivity index (χ4v) is 1.63. The molecule has 0 spiro atoms. The Morgan fingerprint density at radius 1 is 1.44 bits per heavy atom. The molecule has 0 saturated carbocycles. The largest absolute Gasteiger partial charge is 0.391 e. The number of aliphatic hydroxyl groups excluding tert-OH is 3. The van der Waals surface area contributed by atoms with Gasteiger partial charge in [-0.25, -0.2) is 0 Å². The van der Waals surface area contributed by atoms with Crippen LogP contribution < -0.4 is 5.32 Å². The maximum absolute atomic E-state index is 9.62. The molecule has 1 aliphatic rings. The average Bonchev–Trinajstić information content (AvgIpc) is 2.51. The predicted octanol–water partition coefficient (Wildman–Crippen LogP) is -1.82. The van der Waals surface area contributed by atoms with Gasteiger partial charge in [-0.05, 0) is 13.3 Å². The number of ether oxygens (including phenoxy) is 1. The molecule has 0 amide bonds. The van der Waals surface area contributed by atoms with Crippen LogP contribution in [0.4, 0.5) is 0 Å². The van der Waals surface area contributed by atoms with Crippen LogP contribution >= 0.6 is 0 Å². The molecule has 0 aromatic rings. The van der Waals surface area contributed by atoms with Crippen molar-refractivity contribution in [1.29, 1.82) is 0 Å². The molecular formula is C10H21NO5. The van der Waals surface area contributed by atoms with E-state index in [2.05, 4.69) is 5.32 Å². The lowest BCUT2D eigenvalue weighted by Crippen LogP contribution is -2.46. The van der Waals surface area contributed by atoms with Gasteiger partial charge in [0.2, 0.25) is 5.79 Å². The van der Waals surface area contributed by atoms with Gasteiger partial charge in [-0.1, -0.05) is 6.92 Å². The third kappa shape index (κ3) is 2.71. The molecule has 1 heterocycles. The van der Waals surface area contributed by atoms with Crippen molar-refractivity contribution in [3.63, 3.8) is 0 Å². The second-order valence-electron chi connectivity index (χ2n) is 4.31. The van der Waals surface area contributed by atoms with E-state index in [0.717, 1.165) is 6.42 Å². The second-order valence-corrected chi connectivity index (χ2v) is 4.31. The third-order valence-corrected chi connectivity index (χ3v) is 3.03. The summed E-state index contributed by atoms with van der Waals surface area (Å²) in [5.74, 6) is -2.05. The van der Waals surface area contributed by atoms with Gasteiger partial charge < -0.3 is 30.5 Å². The van der Waals surface area contributed by atoms with Gasteiger partial charge in [0.15, 0.2) is 0 Å². The van der Waals surface area contributed by atoms with E-state index in [1.54, 1.807) is 0 Å². The van der Waals surface area contributed by atoms with E-state index >= 15 is 0 Å². The lowest BCUT2D eigenvalue weighted by atomic mass is 10.1. The summed E-state index contributed by atoms with van der Waals surface area (Å²) in [5, 5.41) is 40.7. The highest BCUT2D eigenvalue weighted by molar-refractivity contribution is 4.96. The first-order chi connectivity index (χ1) is 7.44. The molecule has 1 unspecified atom stereocenters. The Morgan fingerprint density at radius 2 is 2.06 bits per heavy atom. The average molecular weight is 235 g/mol. The second kappa shape index (κ2) is 5.39. The Morgan fingerprint density at radius 3 is 2.50 bits per heavy atom. The van der Waals surface area contributed by atoms with Crippen molar-refractivity contribution < 1.29 is 25.2 Å². The van der Waals surface area contributed by atoms with Crippen molar-refractivity contribution in [2.24, 2.45) is 0 Å². The van der Waals surface area contributed by atoms with E-state index in [-0.39, 0.29) is 6.04 Å².